The number of azo groups is 1. The summed E-state index contributed by atoms with van der Waals surface area (Å²) in [5.74, 6) is 0.221. The van der Waals surface area contributed by atoms with Gasteiger partial charge in [-0.3, -0.25) is 5.10 Å². The van der Waals surface area contributed by atoms with E-state index in [2.05, 4.69) is 41.9 Å². The highest BCUT2D eigenvalue weighted by atomic mass is 32.2. The first kappa shape index (κ1) is 29.4. The van der Waals surface area contributed by atoms with Crippen LogP contribution in [0.2, 0.25) is 0 Å². The van der Waals surface area contributed by atoms with E-state index in [0.29, 0.717) is 29.3 Å². The number of sulfonamides is 2. The van der Waals surface area contributed by atoms with Crippen LogP contribution in [0.25, 0.3) is 10.5 Å². The maximum atomic E-state index is 12.4. The predicted octanol–water partition coefficient (Wildman–Crippen LogP) is 4.36. The van der Waals surface area contributed by atoms with E-state index in [9.17, 15) is 16.8 Å². The number of nitrogens with one attached hydrogen (secondary N) is 2. The van der Waals surface area contributed by atoms with Crippen LogP contribution in [0, 0.1) is 13.5 Å². The number of unbranched alkanes of at least 4 members (excludes halogenated alkanes) is 5. The molecule has 1 atom stereocenters. The van der Waals surface area contributed by atoms with E-state index in [0.717, 1.165) is 31.7 Å². The largest absolute Gasteiger partial charge is 0.278 e. The van der Waals surface area contributed by atoms with E-state index in [1.807, 2.05) is 6.92 Å². The van der Waals surface area contributed by atoms with Gasteiger partial charge in [-0.25, -0.2) is 36.5 Å². The van der Waals surface area contributed by atoms with Gasteiger partial charge in [0.2, 0.25) is 31.4 Å². The third kappa shape index (κ3) is 7.67. The number of aromatic nitrogens is 4. The molecule has 0 aliphatic carbocycles. The Bertz CT molecular complexity index is 1550. The third-order valence-corrected chi connectivity index (χ3v) is 8.28. The molecule has 2 aromatic heterocycles. The average Bonchev–Trinajstić information content (AvgIpc) is 3.40. The molecule has 4 N–H and O–H groups in total. The third-order valence-electron chi connectivity index (χ3n) is 5.93. The summed E-state index contributed by atoms with van der Waals surface area (Å²) in [6.07, 6.45) is 6.03. The molecule has 38 heavy (non-hydrogen) atoms. The Morgan fingerprint density at radius 3 is 2.55 bits per heavy atom. The highest BCUT2D eigenvalue weighted by Gasteiger charge is 2.20. The summed E-state index contributed by atoms with van der Waals surface area (Å²) in [5, 5.41) is 20.9. The predicted molar refractivity (Wildman–Crippen MR) is 144 cm³/mol. The number of hydrogen-bond donors (Lipinski definition) is 3. The van der Waals surface area contributed by atoms with Crippen molar-refractivity contribution in [1.29, 1.82) is 0 Å². The minimum absolute atomic E-state index is 0.0199. The Balaban J connectivity index is 1.69. The lowest BCUT2D eigenvalue weighted by atomic mass is 10.1. The Kier molecular flexibility index (Phi) is 9.71. The molecule has 0 aliphatic rings. The minimum atomic E-state index is -3.96. The Hall–Kier alpha value is -3.19. The number of primary sulfonamides is 1. The van der Waals surface area contributed by atoms with Gasteiger partial charge in [0.15, 0.2) is 11.5 Å². The molecule has 3 aromatic rings. The highest BCUT2D eigenvalue weighted by molar-refractivity contribution is 7.89. The van der Waals surface area contributed by atoms with Crippen LogP contribution in [0.1, 0.15) is 69.8 Å². The molecular formula is C23H33N9O4S2. The second-order valence-electron chi connectivity index (χ2n) is 9.13. The number of benzene rings is 1. The molecule has 13 nitrogen and oxygen atoms in total. The number of nitrogens with zero attached hydrogens (tertiary/aromatic N) is 6. The fraction of sp³-hybridized carbons (Fsp3) is 0.522. The molecule has 3 rings (SSSR count). The lowest BCUT2D eigenvalue weighted by Gasteiger charge is -2.10. The fourth-order valence-corrected chi connectivity index (χ4v) is 5.48. The van der Waals surface area contributed by atoms with Gasteiger partial charge in [0.1, 0.15) is 0 Å². The molecule has 1 unspecified atom stereocenters. The number of fused-ring (bicyclic) bond motifs is 1. The van der Waals surface area contributed by atoms with Gasteiger partial charge in [-0.1, -0.05) is 46.0 Å². The smallest absolute Gasteiger partial charge is 0.236 e. The molecule has 206 valence electrons. The van der Waals surface area contributed by atoms with Crippen molar-refractivity contribution >= 4 is 42.8 Å². The Labute approximate surface area is 222 Å². The van der Waals surface area contributed by atoms with Crippen LogP contribution in [0.4, 0.5) is 17.1 Å². The maximum absolute atomic E-state index is 12.4. The first-order valence-electron chi connectivity index (χ1n) is 12.3. The second-order valence-corrected chi connectivity index (χ2v) is 12.6. The first-order valence-corrected chi connectivity index (χ1v) is 15.5. The van der Waals surface area contributed by atoms with Gasteiger partial charge < -0.3 is 0 Å². The van der Waals surface area contributed by atoms with Crippen molar-refractivity contribution in [1.82, 2.24) is 24.5 Å². The summed E-state index contributed by atoms with van der Waals surface area (Å²) < 4.78 is 51.9. The zero-order chi connectivity index (χ0) is 27.9. The summed E-state index contributed by atoms with van der Waals surface area (Å²) in [5.41, 5.74) is 1.53. The molecule has 2 heterocycles. The van der Waals surface area contributed by atoms with Crippen molar-refractivity contribution < 1.29 is 16.8 Å². The van der Waals surface area contributed by atoms with Gasteiger partial charge in [-0.05, 0) is 31.5 Å². The van der Waals surface area contributed by atoms with Crippen LogP contribution in [-0.4, -0.2) is 48.9 Å². The number of aryl methyl sites for hydroxylation is 1. The number of nitrogens with two attached hydrogens (primary N) is 1. The molecule has 0 aliphatic heterocycles. The van der Waals surface area contributed by atoms with Crippen molar-refractivity contribution in [3.05, 3.63) is 41.1 Å². The van der Waals surface area contributed by atoms with Crippen molar-refractivity contribution in [2.45, 2.75) is 70.1 Å². The van der Waals surface area contributed by atoms with Gasteiger partial charge in [-0.2, -0.15) is 9.74 Å². The summed E-state index contributed by atoms with van der Waals surface area (Å²) in [6, 6.07) is 3.74. The number of aromatic amines is 1. The summed E-state index contributed by atoms with van der Waals surface area (Å²) in [4.78, 5) is 7.63. The van der Waals surface area contributed by atoms with Crippen molar-refractivity contribution in [3.8, 4) is 0 Å². The molecule has 0 fully saturated rings. The van der Waals surface area contributed by atoms with E-state index in [1.165, 1.54) is 23.2 Å². The average molecular weight is 564 g/mol. The molecule has 0 radical (unpaired) electrons. The summed E-state index contributed by atoms with van der Waals surface area (Å²) >= 11 is 0. The molecule has 1 aromatic carbocycles. The molecule has 0 saturated carbocycles. The van der Waals surface area contributed by atoms with Crippen molar-refractivity contribution in [2.75, 3.05) is 12.3 Å². The van der Waals surface area contributed by atoms with Crippen LogP contribution in [0.15, 0.2) is 33.3 Å². The van der Waals surface area contributed by atoms with Crippen LogP contribution < -0.4 is 9.86 Å². The molecule has 0 spiro atoms. The molecular weight excluding hydrogens is 530 g/mol. The zero-order valence-electron chi connectivity index (χ0n) is 21.7. The van der Waals surface area contributed by atoms with Crippen LogP contribution in [0.5, 0.6) is 0 Å². The van der Waals surface area contributed by atoms with E-state index < -0.39 is 20.0 Å². The lowest BCUT2D eigenvalue weighted by molar-refractivity contribution is 0.562. The highest BCUT2D eigenvalue weighted by Crippen LogP contribution is 2.33. The minimum Gasteiger partial charge on any atom is -0.278 e. The first-order chi connectivity index (χ1) is 17.9. The lowest BCUT2D eigenvalue weighted by Crippen LogP contribution is -2.30. The van der Waals surface area contributed by atoms with Crippen molar-refractivity contribution in [3.63, 3.8) is 0 Å². The Morgan fingerprint density at radius 1 is 1.16 bits per heavy atom. The van der Waals surface area contributed by atoms with Crippen LogP contribution in [-0.2, 0) is 20.0 Å². The number of hydrogen-bond acceptors (Lipinski definition) is 8. The number of H-pyrrole nitrogens is 1. The van der Waals surface area contributed by atoms with E-state index >= 15 is 0 Å². The van der Waals surface area contributed by atoms with Gasteiger partial charge in [0.25, 0.3) is 0 Å². The molecule has 0 amide bonds. The SMILES string of the molecule is [C-]#[N+]c1cc(S(N)(=O)=O)ccc1N=Nc1c(C)[nH]n2nc(C(C)CNS(=O)(=O)CCCCCCCC)nc12. The normalized spacial score (nSPS) is 13.3. The van der Waals surface area contributed by atoms with Gasteiger partial charge >= 0.3 is 0 Å². The zero-order valence-corrected chi connectivity index (χ0v) is 23.3. The fourth-order valence-electron chi connectivity index (χ4n) is 3.71. The van der Waals surface area contributed by atoms with Gasteiger partial charge in [0, 0.05) is 12.5 Å². The molecule has 0 bridgehead atoms. The molecule has 15 heteroatoms. The second kappa shape index (κ2) is 12.6. The Morgan fingerprint density at radius 2 is 1.87 bits per heavy atom. The summed E-state index contributed by atoms with van der Waals surface area (Å²) in [6.45, 7) is 13.2. The van der Waals surface area contributed by atoms with Crippen LogP contribution in [0.3, 0.4) is 0 Å². The number of rotatable bonds is 14. The standard InChI is InChI=1S/C23H33N9O4S2/c1-5-6-7-8-9-10-13-37(33,34)26-15-16(2)22-27-23-21(17(3)30-32(23)31-22)29-28-19-12-11-18(38(24,35)36)14-20(19)25-4/h11-12,14,16,26,30H,5-10,13,15H2,1-3H3,(H2,24,35,36). The van der Waals surface area contributed by atoms with Crippen molar-refractivity contribution in [2.24, 2.45) is 15.4 Å². The topological polar surface area (TPSA) is 181 Å². The van der Waals surface area contributed by atoms with E-state index in [1.54, 1.807) is 6.92 Å². The monoisotopic (exact) mass is 563 g/mol. The van der Waals surface area contributed by atoms with Crippen LogP contribution >= 0.6 is 0 Å². The quantitative estimate of drug-likeness (QED) is 0.149. The van der Waals surface area contributed by atoms with E-state index in [-0.39, 0.29) is 34.5 Å². The summed E-state index contributed by atoms with van der Waals surface area (Å²) in [7, 11) is -7.35. The van der Waals surface area contributed by atoms with Gasteiger partial charge in [-0.15, -0.1) is 10.2 Å². The molecule has 0 saturated heterocycles. The van der Waals surface area contributed by atoms with E-state index in [4.69, 9.17) is 11.7 Å². The van der Waals surface area contributed by atoms with Gasteiger partial charge in [0.05, 0.1) is 28.6 Å². The maximum Gasteiger partial charge on any atom is 0.236 e.